The molecule has 10 heteroatoms. The number of benzene rings is 2. The lowest BCUT2D eigenvalue weighted by atomic mass is 10.00. The molecular formula is C33H40N4O6. The molecule has 0 bridgehead atoms. The van der Waals surface area contributed by atoms with Gasteiger partial charge in [-0.15, -0.1) is 0 Å². The number of ether oxygens (including phenoxy) is 1. The zero-order valence-electron chi connectivity index (χ0n) is 24.3. The third kappa shape index (κ3) is 8.28. The van der Waals surface area contributed by atoms with Gasteiger partial charge in [0.25, 0.3) is 0 Å². The van der Waals surface area contributed by atoms with Crippen molar-refractivity contribution in [2.75, 3.05) is 13.2 Å². The molecule has 4 amide bonds. The van der Waals surface area contributed by atoms with Gasteiger partial charge in [0.05, 0.1) is 6.61 Å². The summed E-state index contributed by atoms with van der Waals surface area (Å²) in [7, 11) is 0. The topological polar surface area (TPSA) is 137 Å². The van der Waals surface area contributed by atoms with E-state index in [1.54, 1.807) is 4.90 Å². The summed E-state index contributed by atoms with van der Waals surface area (Å²) in [4.78, 5) is 68.4. The largest absolute Gasteiger partial charge is 0.365 e. The zero-order valence-corrected chi connectivity index (χ0v) is 24.3. The van der Waals surface area contributed by atoms with Crippen LogP contribution in [0.3, 0.4) is 0 Å². The molecule has 0 aromatic heterocycles. The van der Waals surface area contributed by atoms with Crippen molar-refractivity contribution < 1.29 is 28.7 Å². The van der Waals surface area contributed by atoms with E-state index in [-0.39, 0.29) is 36.5 Å². The van der Waals surface area contributed by atoms with Gasteiger partial charge in [-0.2, -0.15) is 0 Å². The van der Waals surface area contributed by atoms with Crippen LogP contribution in [-0.2, 0) is 41.6 Å². The molecule has 3 N–H and O–H groups in total. The Morgan fingerprint density at radius 3 is 1.98 bits per heavy atom. The second-order valence-corrected chi connectivity index (χ2v) is 11.6. The van der Waals surface area contributed by atoms with Gasteiger partial charge >= 0.3 is 0 Å². The number of ketones is 1. The number of unbranched alkanes of at least 4 members (excludes halogenated alkanes) is 2. The van der Waals surface area contributed by atoms with E-state index in [9.17, 15) is 24.0 Å². The zero-order chi connectivity index (χ0) is 30.2. The monoisotopic (exact) mass is 588 g/mol. The maximum atomic E-state index is 13.9. The predicted molar refractivity (Wildman–Crippen MR) is 159 cm³/mol. The molecule has 43 heavy (non-hydrogen) atoms. The number of carbonyl (C=O) groups excluding carboxylic acids is 5. The van der Waals surface area contributed by atoms with Gasteiger partial charge in [-0.25, -0.2) is 0 Å². The SMILES string of the molecule is O=C1NC(Cc2ccccc2)C(=O)N2CCCC2C(=O)NC(CCCCCC(=O)C2CO2)C(=O)NC1Cc1ccccc1. The molecule has 3 fully saturated rings. The second-order valence-electron chi connectivity index (χ2n) is 11.6. The highest BCUT2D eigenvalue weighted by atomic mass is 16.6. The van der Waals surface area contributed by atoms with Crippen molar-refractivity contribution in [3.8, 4) is 0 Å². The van der Waals surface area contributed by atoms with Crippen LogP contribution < -0.4 is 16.0 Å². The quantitative estimate of drug-likeness (QED) is 0.271. The van der Waals surface area contributed by atoms with Crippen molar-refractivity contribution in [3.05, 3.63) is 71.8 Å². The summed E-state index contributed by atoms with van der Waals surface area (Å²) in [5, 5.41) is 8.72. The Balaban J connectivity index is 1.36. The molecule has 0 spiro atoms. The number of amides is 4. The Morgan fingerprint density at radius 2 is 1.33 bits per heavy atom. The molecule has 3 saturated heterocycles. The number of carbonyl (C=O) groups is 5. The summed E-state index contributed by atoms with van der Waals surface area (Å²) in [5.74, 6) is -1.46. The predicted octanol–water partition coefficient (Wildman–Crippen LogP) is 1.85. The van der Waals surface area contributed by atoms with Gasteiger partial charge in [0.15, 0.2) is 5.78 Å². The molecule has 0 saturated carbocycles. The van der Waals surface area contributed by atoms with Crippen LogP contribution in [0, 0.1) is 0 Å². The number of epoxide rings is 1. The van der Waals surface area contributed by atoms with E-state index in [4.69, 9.17) is 4.74 Å². The van der Waals surface area contributed by atoms with Crippen LogP contribution in [0.2, 0.25) is 0 Å². The number of rotatable bonds is 11. The Bertz CT molecular complexity index is 1300. The van der Waals surface area contributed by atoms with Gasteiger partial charge in [-0.05, 0) is 36.8 Å². The number of hydrogen-bond acceptors (Lipinski definition) is 6. The molecule has 5 rings (SSSR count). The van der Waals surface area contributed by atoms with E-state index in [1.807, 2.05) is 60.7 Å². The molecule has 3 aliphatic rings. The lowest BCUT2D eigenvalue weighted by Crippen LogP contribution is -2.61. The Morgan fingerprint density at radius 1 is 0.744 bits per heavy atom. The first-order valence-corrected chi connectivity index (χ1v) is 15.3. The minimum absolute atomic E-state index is 0.100. The molecule has 5 atom stereocenters. The number of Topliss-reactive ketones (excluding diaryl/α,β-unsaturated/α-hetero) is 1. The van der Waals surface area contributed by atoms with Crippen LogP contribution in [-0.4, -0.2) is 77.7 Å². The van der Waals surface area contributed by atoms with E-state index in [0.29, 0.717) is 58.1 Å². The molecule has 5 unspecified atom stereocenters. The molecule has 0 radical (unpaired) electrons. The molecule has 2 aromatic carbocycles. The first kappa shape index (κ1) is 30.4. The van der Waals surface area contributed by atoms with Gasteiger partial charge in [-0.3, -0.25) is 24.0 Å². The number of nitrogens with one attached hydrogen (secondary N) is 3. The minimum Gasteiger partial charge on any atom is -0.365 e. The number of hydrogen-bond donors (Lipinski definition) is 3. The van der Waals surface area contributed by atoms with Gasteiger partial charge in [0.2, 0.25) is 23.6 Å². The Kier molecular flexibility index (Phi) is 10.2. The molecule has 228 valence electrons. The third-order valence-corrected chi connectivity index (χ3v) is 8.39. The van der Waals surface area contributed by atoms with Crippen molar-refractivity contribution >= 4 is 29.4 Å². The van der Waals surface area contributed by atoms with Gasteiger partial charge in [0, 0.05) is 25.8 Å². The van der Waals surface area contributed by atoms with Crippen molar-refractivity contribution in [1.29, 1.82) is 0 Å². The standard InChI is InChI=1S/C33H40N4O6/c38-28(29-21-43-29)17-9-3-8-15-24-30(39)35-25(19-22-11-4-1-5-12-22)31(40)36-26(20-23-13-6-2-7-14-23)33(42)37-18-10-16-27(37)32(41)34-24/h1-2,4-7,11-14,24-27,29H,3,8-10,15-21H2,(H,34,41)(H,35,39)(H,36,40). The maximum Gasteiger partial charge on any atom is 0.246 e. The number of fused-ring (bicyclic) bond motifs is 1. The van der Waals surface area contributed by atoms with Gasteiger partial charge < -0.3 is 25.6 Å². The molecule has 2 aromatic rings. The smallest absolute Gasteiger partial charge is 0.246 e. The van der Waals surface area contributed by atoms with E-state index in [0.717, 1.165) is 11.1 Å². The van der Waals surface area contributed by atoms with Gasteiger partial charge in [0.1, 0.15) is 30.3 Å². The fourth-order valence-corrected chi connectivity index (χ4v) is 5.91. The summed E-state index contributed by atoms with van der Waals surface area (Å²) in [6.45, 7) is 0.902. The van der Waals surface area contributed by atoms with Crippen LogP contribution in [0.5, 0.6) is 0 Å². The van der Waals surface area contributed by atoms with Crippen LogP contribution in [0.15, 0.2) is 60.7 Å². The van der Waals surface area contributed by atoms with E-state index < -0.39 is 36.0 Å². The van der Waals surface area contributed by atoms with Crippen molar-refractivity contribution in [3.63, 3.8) is 0 Å². The van der Waals surface area contributed by atoms with E-state index in [1.165, 1.54) is 0 Å². The first-order valence-electron chi connectivity index (χ1n) is 15.3. The fourth-order valence-electron chi connectivity index (χ4n) is 5.91. The normalized spacial score (nSPS) is 26.0. The summed E-state index contributed by atoms with van der Waals surface area (Å²) in [6.07, 6.45) is 4.15. The summed E-state index contributed by atoms with van der Waals surface area (Å²) >= 11 is 0. The number of nitrogens with zero attached hydrogens (tertiary/aromatic N) is 1. The molecular weight excluding hydrogens is 548 g/mol. The van der Waals surface area contributed by atoms with E-state index >= 15 is 0 Å². The summed E-state index contributed by atoms with van der Waals surface area (Å²) in [6, 6.07) is 15.4. The molecule has 0 aliphatic carbocycles. The van der Waals surface area contributed by atoms with Crippen molar-refractivity contribution in [1.82, 2.24) is 20.9 Å². The lowest BCUT2D eigenvalue weighted by molar-refractivity contribution is -0.143. The maximum absolute atomic E-state index is 13.9. The summed E-state index contributed by atoms with van der Waals surface area (Å²) in [5.41, 5.74) is 1.73. The Labute approximate surface area is 251 Å². The van der Waals surface area contributed by atoms with Crippen molar-refractivity contribution in [2.24, 2.45) is 0 Å². The molecule has 3 heterocycles. The lowest BCUT2D eigenvalue weighted by Gasteiger charge is -2.32. The van der Waals surface area contributed by atoms with E-state index in [2.05, 4.69) is 16.0 Å². The fraction of sp³-hybridized carbons (Fsp3) is 0.485. The average molecular weight is 589 g/mol. The highest BCUT2D eigenvalue weighted by molar-refractivity contribution is 5.98. The second kappa shape index (κ2) is 14.4. The highest BCUT2D eigenvalue weighted by Gasteiger charge is 2.40. The minimum atomic E-state index is -0.953. The molecule has 3 aliphatic heterocycles. The highest BCUT2D eigenvalue weighted by Crippen LogP contribution is 2.21. The van der Waals surface area contributed by atoms with Gasteiger partial charge in [-0.1, -0.05) is 73.5 Å². The van der Waals surface area contributed by atoms with Crippen molar-refractivity contribution in [2.45, 2.75) is 88.1 Å². The van der Waals surface area contributed by atoms with Crippen LogP contribution >= 0.6 is 0 Å². The van der Waals surface area contributed by atoms with Crippen LogP contribution in [0.25, 0.3) is 0 Å². The van der Waals surface area contributed by atoms with Crippen LogP contribution in [0.1, 0.15) is 56.1 Å². The third-order valence-electron chi connectivity index (χ3n) is 8.39. The first-order chi connectivity index (χ1) is 20.9. The van der Waals surface area contributed by atoms with Crippen LogP contribution in [0.4, 0.5) is 0 Å². The Hall–Kier alpha value is -4.05. The summed E-state index contributed by atoms with van der Waals surface area (Å²) < 4.78 is 5.04. The molecule has 10 nitrogen and oxygen atoms in total. The average Bonchev–Trinajstić information content (AvgIpc) is 3.75.